The molecule has 1 aromatic heterocycles. The maximum atomic E-state index is 13.1. The normalized spacial score (nSPS) is 10.7. The molecule has 8 heteroatoms. The number of nitrogens with one attached hydrogen (secondary N) is 1. The second-order valence-electron chi connectivity index (χ2n) is 6.19. The Hall–Kier alpha value is -3.94. The lowest BCUT2D eigenvalue weighted by molar-refractivity contribution is 0.102. The van der Waals surface area contributed by atoms with Crippen LogP contribution in [0.1, 0.15) is 10.4 Å². The van der Waals surface area contributed by atoms with Crippen LogP contribution >= 0.6 is 0 Å². The molecule has 29 heavy (non-hydrogen) atoms. The van der Waals surface area contributed by atoms with Crippen LogP contribution in [-0.4, -0.2) is 35.1 Å². The van der Waals surface area contributed by atoms with E-state index < -0.39 is 0 Å². The molecule has 0 aliphatic rings. The minimum Gasteiger partial charge on any atom is -0.497 e. The molecule has 146 valence electrons. The number of hydrogen-bond acceptors (Lipinski definition) is 5. The van der Waals surface area contributed by atoms with Crippen LogP contribution in [0, 0.1) is 5.82 Å². The summed E-state index contributed by atoms with van der Waals surface area (Å²) >= 11 is 0. The number of carbonyl (C=O) groups is 1. The van der Waals surface area contributed by atoms with Crippen molar-refractivity contribution < 1.29 is 18.7 Å². The molecule has 0 saturated heterocycles. The average molecular weight is 392 g/mol. The van der Waals surface area contributed by atoms with Gasteiger partial charge in [-0.25, -0.2) is 4.39 Å². The molecule has 0 aliphatic heterocycles. The third-order valence-corrected chi connectivity index (χ3v) is 4.35. The van der Waals surface area contributed by atoms with Crippen molar-refractivity contribution >= 4 is 22.6 Å². The van der Waals surface area contributed by atoms with Gasteiger partial charge >= 0.3 is 0 Å². The summed E-state index contributed by atoms with van der Waals surface area (Å²) in [7, 11) is 3.04. The van der Waals surface area contributed by atoms with Gasteiger partial charge in [0.05, 0.1) is 25.5 Å². The number of rotatable bonds is 5. The Morgan fingerprint density at radius 3 is 2.41 bits per heavy atom. The molecule has 0 bridgehead atoms. The Morgan fingerprint density at radius 1 is 0.931 bits per heavy atom. The van der Waals surface area contributed by atoms with Gasteiger partial charge in [-0.1, -0.05) is 0 Å². The van der Waals surface area contributed by atoms with Crippen molar-refractivity contribution in [2.75, 3.05) is 19.5 Å². The zero-order valence-corrected chi connectivity index (χ0v) is 15.7. The molecule has 7 nitrogen and oxygen atoms in total. The Labute approximate surface area is 165 Å². The van der Waals surface area contributed by atoms with E-state index in [-0.39, 0.29) is 11.7 Å². The molecule has 0 saturated carbocycles. The van der Waals surface area contributed by atoms with E-state index in [1.54, 1.807) is 55.6 Å². The fourth-order valence-corrected chi connectivity index (χ4v) is 2.87. The minimum absolute atomic E-state index is 0.324. The van der Waals surface area contributed by atoms with Crippen LogP contribution in [0.15, 0.2) is 60.7 Å². The van der Waals surface area contributed by atoms with E-state index in [4.69, 9.17) is 9.47 Å². The monoisotopic (exact) mass is 392 g/mol. The van der Waals surface area contributed by atoms with Gasteiger partial charge in [-0.15, -0.1) is 10.2 Å². The van der Waals surface area contributed by atoms with Crippen molar-refractivity contribution in [3.63, 3.8) is 0 Å². The van der Waals surface area contributed by atoms with E-state index >= 15 is 0 Å². The van der Waals surface area contributed by atoms with Crippen LogP contribution in [0.3, 0.4) is 0 Å². The van der Waals surface area contributed by atoms with E-state index in [0.717, 1.165) is 0 Å². The smallest absolute Gasteiger partial charge is 0.259 e. The van der Waals surface area contributed by atoms with Crippen molar-refractivity contribution in [1.29, 1.82) is 0 Å². The van der Waals surface area contributed by atoms with Crippen LogP contribution in [-0.2, 0) is 0 Å². The first-order valence-corrected chi connectivity index (χ1v) is 8.74. The number of carbonyl (C=O) groups excluding carboxylic acids is 1. The van der Waals surface area contributed by atoms with Gasteiger partial charge in [0.1, 0.15) is 28.3 Å². The highest BCUT2D eigenvalue weighted by molar-refractivity contribution is 6.06. The number of anilines is 1. The summed E-state index contributed by atoms with van der Waals surface area (Å²) in [5, 5.41) is 11.6. The lowest BCUT2D eigenvalue weighted by atomic mass is 10.1. The summed E-state index contributed by atoms with van der Waals surface area (Å²) in [5.74, 6) is 0.349. The second-order valence-corrected chi connectivity index (χ2v) is 6.19. The highest BCUT2D eigenvalue weighted by Crippen LogP contribution is 2.26. The molecule has 0 unspecified atom stereocenters. The molecule has 0 aliphatic carbocycles. The maximum absolute atomic E-state index is 13.1. The highest BCUT2D eigenvalue weighted by atomic mass is 19.1. The SMILES string of the molecule is COc1ccc(C(=O)Nc2ccc3nn(-c4ccc(F)cc4)nc3c2)c(OC)c1. The predicted molar refractivity (Wildman–Crippen MR) is 106 cm³/mol. The molecule has 1 N–H and O–H groups in total. The van der Waals surface area contributed by atoms with Gasteiger partial charge in [0.15, 0.2) is 0 Å². The number of amides is 1. The van der Waals surface area contributed by atoms with E-state index in [0.29, 0.717) is 39.5 Å². The van der Waals surface area contributed by atoms with Crippen LogP contribution < -0.4 is 14.8 Å². The summed E-state index contributed by atoms with van der Waals surface area (Å²) in [5.41, 5.74) is 2.81. The Kier molecular flexibility index (Phi) is 4.82. The Bertz CT molecular complexity index is 1190. The number of aromatic nitrogens is 3. The largest absolute Gasteiger partial charge is 0.497 e. The minimum atomic E-state index is -0.329. The van der Waals surface area contributed by atoms with Crippen molar-refractivity contribution in [1.82, 2.24) is 15.0 Å². The number of methoxy groups -OCH3 is 2. The fourth-order valence-electron chi connectivity index (χ4n) is 2.87. The Morgan fingerprint density at radius 2 is 1.69 bits per heavy atom. The number of ether oxygens (including phenoxy) is 2. The standard InChI is InChI=1S/C21H17FN4O3/c1-28-16-8-9-17(20(12-16)29-2)21(27)23-14-5-10-18-19(11-14)25-26(24-18)15-6-3-13(22)4-7-15/h3-12H,1-2H3,(H,23,27). The molecule has 1 amide bonds. The average Bonchev–Trinajstić information content (AvgIpc) is 3.17. The molecule has 3 aromatic carbocycles. The molecule has 4 aromatic rings. The molecular weight excluding hydrogens is 375 g/mol. The van der Waals surface area contributed by atoms with Crippen LogP contribution in [0.25, 0.3) is 16.7 Å². The fraction of sp³-hybridized carbons (Fsp3) is 0.0952. The van der Waals surface area contributed by atoms with Crippen LogP contribution in [0.2, 0.25) is 0 Å². The van der Waals surface area contributed by atoms with Gasteiger partial charge in [0.2, 0.25) is 0 Å². The maximum Gasteiger partial charge on any atom is 0.259 e. The molecule has 0 atom stereocenters. The summed E-state index contributed by atoms with van der Waals surface area (Å²) in [6, 6.07) is 16.0. The Balaban J connectivity index is 1.60. The van der Waals surface area contributed by atoms with E-state index in [1.165, 1.54) is 24.0 Å². The number of halogens is 1. The first-order valence-electron chi connectivity index (χ1n) is 8.74. The molecule has 0 spiro atoms. The number of hydrogen-bond donors (Lipinski definition) is 1. The predicted octanol–water partition coefficient (Wildman–Crippen LogP) is 3.83. The summed E-state index contributed by atoms with van der Waals surface area (Å²) in [6.45, 7) is 0. The van der Waals surface area contributed by atoms with Crippen molar-refractivity contribution in [3.05, 3.63) is 72.0 Å². The zero-order valence-electron chi connectivity index (χ0n) is 15.7. The van der Waals surface area contributed by atoms with E-state index in [2.05, 4.69) is 15.5 Å². The number of fused-ring (bicyclic) bond motifs is 1. The van der Waals surface area contributed by atoms with Gasteiger partial charge in [0.25, 0.3) is 5.91 Å². The topological polar surface area (TPSA) is 78.3 Å². The van der Waals surface area contributed by atoms with Crippen molar-refractivity contribution in [3.8, 4) is 17.2 Å². The van der Waals surface area contributed by atoms with Gasteiger partial charge in [-0.2, -0.15) is 4.80 Å². The highest BCUT2D eigenvalue weighted by Gasteiger charge is 2.14. The summed E-state index contributed by atoms with van der Waals surface area (Å²) in [6.07, 6.45) is 0. The van der Waals surface area contributed by atoms with Crippen LogP contribution in [0.4, 0.5) is 10.1 Å². The molecule has 1 heterocycles. The number of nitrogens with zero attached hydrogens (tertiary/aromatic N) is 3. The lowest BCUT2D eigenvalue weighted by Crippen LogP contribution is -2.13. The van der Waals surface area contributed by atoms with Crippen molar-refractivity contribution in [2.45, 2.75) is 0 Å². The van der Waals surface area contributed by atoms with Gasteiger partial charge < -0.3 is 14.8 Å². The first kappa shape index (κ1) is 18.4. The van der Waals surface area contributed by atoms with E-state index in [1.807, 2.05) is 0 Å². The first-order chi connectivity index (χ1) is 14.1. The van der Waals surface area contributed by atoms with Crippen LogP contribution in [0.5, 0.6) is 11.5 Å². The summed E-state index contributed by atoms with van der Waals surface area (Å²) < 4.78 is 23.5. The molecule has 0 fully saturated rings. The quantitative estimate of drug-likeness (QED) is 0.559. The van der Waals surface area contributed by atoms with Gasteiger partial charge in [0, 0.05) is 11.8 Å². The summed E-state index contributed by atoms with van der Waals surface area (Å²) in [4.78, 5) is 14.1. The molecular formula is C21H17FN4O3. The van der Waals surface area contributed by atoms with E-state index in [9.17, 15) is 9.18 Å². The molecule has 0 radical (unpaired) electrons. The molecule has 4 rings (SSSR count). The van der Waals surface area contributed by atoms with Gasteiger partial charge in [-0.05, 0) is 54.6 Å². The zero-order chi connectivity index (χ0) is 20.4. The van der Waals surface area contributed by atoms with Gasteiger partial charge in [-0.3, -0.25) is 4.79 Å². The lowest BCUT2D eigenvalue weighted by Gasteiger charge is -2.10. The second kappa shape index (κ2) is 7.59. The number of benzene rings is 3. The third kappa shape index (κ3) is 3.73. The third-order valence-electron chi connectivity index (χ3n) is 4.35. The van der Waals surface area contributed by atoms with Crippen molar-refractivity contribution in [2.24, 2.45) is 0 Å².